The highest BCUT2D eigenvalue weighted by molar-refractivity contribution is 5.74. The molecule has 0 aromatic carbocycles. The smallest absolute Gasteiger partial charge is 0.317 e. The second-order valence-corrected chi connectivity index (χ2v) is 5.24. The minimum atomic E-state index is 0.103. The number of nitrogens with zero attached hydrogens (tertiary/aromatic N) is 3. The summed E-state index contributed by atoms with van der Waals surface area (Å²) in [6.45, 7) is 13.0. The molecule has 2 N–H and O–H groups in total. The van der Waals surface area contributed by atoms with Crippen LogP contribution < -0.4 is 10.6 Å². The van der Waals surface area contributed by atoms with Crippen LogP contribution >= 0.6 is 0 Å². The first kappa shape index (κ1) is 14.6. The Balaban J connectivity index is 1.59. The molecule has 0 radical (unpaired) electrons. The van der Waals surface area contributed by atoms with Crippen LogP contribution in [0.2, 0.25) is 0 Å². The summed E-state index contributed by atoms with van der Waals surface area (Å²) in [5.41, 5.74) is 0. The molecule has 2 rings (SSSR count). The molecule has 2 aliphatic heterocycles. The predicted octanol–water partition coefficient (Wildman–Crippen LogP) is -0.761. The lowest BCUT2D eigenvalue weighted by molar-refractivity contribution is 0.141. The van der Waals surface area contributed by atoms with E-state index in [1.807, 2.05) is 4.90 Å². The monoisotopic (exact) mass is 269 g/mol. The Labute approximate surface area is 116 Å². The Morgan fingerprint density at radius 1 is 1.05 bits per heavy atom. The molecule has 0 unspecified atom stereocenters. The summed E-state index contributed by atoms with van der Waals surface area (Å²) in [5, 5.41) is 6.37. The molecule has 0 aromatic heterocycles. The molecular weight excluding hydrogens is 242 g/mol. The number of hydrogen-bond donors (Lipinski definition) is 2. The third-order valence-electron chi connectivity index (χ3n) is 4.02. The Morgan fingerprint density at radius 2 is 1.74 bits per heavy atom. The topological polar surface area (TPSA) is 50.9 Å². The maximum absolute atomic E-state index is 12.0. The summed E-state index contributed by atoms with van der Waals surface area (Å²) in [7, 11) is 0. The molecule has 19 heavy (non-hydrogen) atoms. The van der Waals surface area contributed by atoms with Gasteiger partial charge in [-0.3, -0.25) is 4.90 Å². The Bertz CT molecular complexity index is 272. The number of urea groups is 1. The van der Waals surface area contributed by atoms with Gasteiger partial charge in [-0.1, -0.05) is 6.92 Å². The quantitative estimate of drug-likeness (QED) is 0.704. The summed E-state index contributed by atoms with van der Waals surface area (Å²) in [6, 6.07) is 0.103. The van der Waals surface area contributed by atoms with E-state index in [9.17, 15) is 4.79 Å². The van der Waals surface area contributed by atoms with Crippen LogP contribution in [0.4, 0.5) is 4.79 Å². The van der Waals surface area contributed by atoms with Crippen molar-refractivity contribution in [1.29, 1.82) is 0 Å². The molecule has 0 bridgehead atoms. The van der Waals surface area contributed by atoms with E-state index in [-0.39, 0.29) is 6.03 Å². The molecule has 0 aliphatic carbocycles. The lowest BCUT2D eigenvalue weighted by Crippen LogP contribution is -2.53. The van der Waals surface area contributed by atoms with Gasteiger partial charge in [0.05, 0.1) is 0 Å². The van der Waals surface area contributed by atoms with Crippen molar-refractivity contribution in [1.82, 2.24) is 25.3 Å². The van der Waals surface area contributed by atoms with Crippen molar-refractivity contribution in [3.05, 3.63) is 0 Å². The number of nitrogens with one attached hydrogen (secondary N) is 2. The molecule has 6 nitrogen and oxygen atoms in total. The molecule has 6 heteroatoms. The second kappa shape index (κ2) is 7.67. The van der Waals surface area contributed by atoms with Gasteiger partial charge < -0.3 is 20.4 Å². The fourth-order valence-electron chi connectivity index (χ4n) is 2.63. The zero-order valence-corrected chi connectivity index (χ0v) is 12.0. The minimum Gasteiger partial charge on any atom is -0.337 e. The average molecular weight is 269 g/mol. The molecule has 0 aromatic rings. The highest BCUT2D eigenvalue weighted by Crippen LogP contribution is 2.01. The molecule has 110 valence electrons. The van der Waals surface area contributed by atoms with Crippen molar-refractivity contribution in [3.63, 3.8) is 0 Å². The van der Waals surface area contributed by atoms with Gasteiger partial charge in [0.2, 0.25) is 0 Å². The highest BCUT2D eigenvalue weighted by Gasteiger charge is 2.19. The Hall–Kier alpha value is -0.850. The van der Waals surface area contributed by atoms with Crippen molar-refractivity contribution < 1.29 is 4.79 Å². The van der Waals surface area contributed by atoms with Gasteiger partial charge >= 0.3 is 6.03 Å². The molecule has 2 heterocycles. The van der Waals surface area contributed by atoms with Gasteiger partial charge in [0.15, 0.2) is 0 Å². The van der Waals surface area contributed by atoms with E-state index in [1.54, 1.807) is 0 Å². The van der Waals surface area contributed by atoms with Crippen LogP contribution in [-0.2, 0) is 0 Å². The fraction of sp³-hybridized carbons (Fsp3) is 0.923. The summed E-state index contributed by atoms with van der Waals surface area (Å²) in [4.78, 5) is 18.7. The van der Waals surface area contributed by atoms with Gasteiger partial charge in [0.25, 0.3) is 0 Å². The van der Waals surface area contributed by atoms with Crippen molar-refractivity contribution in [2.75, 3.05) is 72.0 Å². The fourth-order valence-corrected chi connectivity index (χ4v) is 2.63. The molecule has 0 saturated carbocycles. The maximum Gasteiger partial charge on any atom is 0.317 e. The number of carbonyl (C=O) groups is 1. The molecule has 2 amide bonds. The molecule has 0 atom stereocenters. The predicted molar refractivity (Wildman–Crippen MR) is 76.4 cm³/mol. The van der Waals surface area contributed by atoms with Crippen LogP contribution in [0.3, 0.4) is 0 Å². The highest BCUT2D eigenvalue weighted by atomic mass is 16.2. The van der Waals surface area contributed by atoms with E-state index in [2.05, 4.69) is 27.4 Å². The number of rotatable bonds is 4. The number of amides is 2. The second-order valence-electron chi connectivity index (χ2n) is 5.24. The average Bonchev–Trinajstić information content (AvgIpc) is 2.48. The van der Waals surface area contributed by atoms with E-state index >= 15 is 0 Å². The summed E-state index contributed by atoms with van der Waals surface area (Å²) >= 11 is 0. The Kier molecular flexibility index (Phi) is 5.88. The lowest BCUT2D eigenvalue weighted by Gasteiger charge is -2.34. The number of carbonyl (C=O) groups excluding carboxylic acids is 1. The lowest BCUT2D eigenvalue weighted by atomic mass is 10.3. The van der Waals surface area contributed by atoms with Gasteiger partial charge in [-0.25, -0.2) is 4.79 Å². The van der Waals surface area contributed by atoms with Gasteiger partial charge in [0, 0.05) is 65.4 Å². The number of hydrogen-bond acceptors (Lipinski definition) is 4. The van der Waals surface area contributed by atoms with Crippen LogP contribution in [0.1, 0.15) is 6.92 Å². The summed E-state index contributed by atoms with van der Waals surface area (Å²) < 4.78 is 0. The van der Waals surface area contributed by atoms with Crippen LogP contribution in [-0.4, -0.2) is 92.7 Å². The number of piperazine rings is 2. The van der Waals surface area contributed by atoms with E-state index in [0.29, 0.717) is 0 Å². The van der Waals surface area contributed by atoms with Crippen LogP contribution in [0.15, 0.2) is 0 Å². The van der Waals surface area contributed by atoms with Crippen LogP contribution in [0.5, 0.6) is 0 Å². The first-order valence-corrected chi connectivity index (χ1v) is 7.48. The van der Waals surface area contributed by atoms with Crippen molar-refractivity contribution >= 4 is 6.03 Å². The summed E-state index contributed by atoms with van der Waals surface area (Å²) in [6.07, 6.45) is 0. The third kappa shape index (κ3) is 4.63. The van der Waals surface area contributed by atoms with Crippen LogP contribution in [0.25, 0.3) is 0 Å². The zero-order valence-electron chi connectivity index (χ0n) is 12.0. The first-order valence-electron chi connectivity index (χ1n) is 7.48. The molecule has 0 spiro atoms. The molecule has 2 saturated heterocycles. The van der Waals surface area contributed by atoms with E-state index in [1.165, 1.54) is 0 Å². The van der Waals surface area contributed by atoms with Gasteiger partial charge in [-0.2, -0.15) is 0 Å². The first-order chi connectivity index (χ1) is 9.29. The third-order valence-corrected chi connectivity index (χ3v) is 4.02. The van der Waals surface area contributed by atoms with Crippen LogP contribution in [0, 0.1) is 0 Å². The van der Waals surface area contributed by atoms with Crippen molar-refractivity contribution in [3.8, 4) is 0 Å². The molecule has 2 fully saturated rings. The molecule has 2 aliphatic rings. The van der Waals surface area contributed by atoms with E-state index in [4.69, 9.17) is 0 Å². The normalized spacial score (nSPS) is 22.5. The van der Waals surface area contributed by atoms with Crippen molar-refractivity contribution in [2.45, 2.75) is 6.92 Å². The SMILES string of the molecule is CCN1CCN(C(=O)NCCN2CCNCC2)CC1. The van der Waals surface area contributed by atoms with E-state index in [0.717, 1.165) is 72.0 Å². The standard InChI is InChI=1S/C13H27N5O/c1-2-16-9-11-18(12-10-16)13(19)15-5-8-17-6-3-14-4-7-17/h14H,2-12H2,1H3,(H,15,19). The maximum atomic E-state index is 12.0. The molecular formula is C13H27N5O. The number of likely N-dealkylation sites (N-methyl/N-ethyl adjacent to an activating group) is 1. The Morgan fingerprint density at radius 3 is 2.37 bits per heavy atom. The van der Waals surface area contributed by atoms with Gasteiger partial charge in [0.1, 0.15) is 0 Å². The zero-order chi connectivity index (χ0) is 13.5. The summed E-state index contributed by atoms with van der Waals surface area (Å²) in [5.74, 6) is 0. The van der Waals surface area contributed by atoms with Gasteiger partial charge in [-0.05, 0) is 6.54 Å². The van der Waals surface area contributed by atoms with Crippen molar-refractivity contribution in [2.24, 2.45) is 0 Å². The minimum absolute atomic E-state index is 0.103. The largest absolute Gasteiger partial charge is 0.337 e. The van der Waals surface area contributed by atoms with E-state index < -0.39 is 0 Å². The van der Waals surface area contributed by atoms with Gasteiger partial charge in [-0.15, -0.1) is 0 Å².